The van der Waals surface area contributed by atoms with Crippen molar-refractivity contribution in [3.63, 3.8) is 0 Å². The molecule has 1 saturated heterocycles. The summed E-state index contributed by atoms with van der Waals surface area (Å²) in [5, 5.41) is 3.93. The number of nitrogens with zero attached hydrogens (tertiary/aromatic N) is 2. The maximum atomic E-state index is 13.1. The number of ether oxygens (including phenoxy) is 4. The normalized spacial score (nSPS) is 20.2. The largest absolute Gasteiger partial charge is 0.459 e. The Morgan fingerprint density at radius 2 is 1.21 bits per heavy atom. The van der Waals surface area contributed by atoms with Crippen LogP contribution in [0.15, 0.2) is 95.5 Å². The molecule has 0 radical (unpaired) electrons. The van der Waals surface area contributed by atoms with E-state index in [1.165, 1.54) is 0 Å². The number of hydrogen-bond donors (Lipinski definition) is 0. The highest BCUT2D eigenvalue weighted by atomic mass is 16.7. The van der Waals surface area contributed by atoms with Crippen LogP contribution in [-0.2, 0) is 18.9 Å². The first-order chi connectivity index (χ1) is 19.0. The lowest BCUT2D eigenvalue weighted by Crippen LogP contribution is -2.41. The van der Waals surface area contributed by atoms with Crippen molar-refractivity contribution in [3.05, 3.63) is 119 Å². The molecule has 0 spiro atoms. The molecule has 0 aliphatic carbocycles. The molecular formula is C29H24N2O8. The Labute approximate surface area is 223 Å². The van der Waals surface area contributed by atoms with Gasteiger partial charge in [0.25, 0.3) is 0 Å². The van der Waals surface area contributed by atoms with E-state index in [9.17, 15) is 14.4 Å². The van der Waals surface area contributed by atoms with Gasteiger partial charge >= 0.3 is 17.9 Å². The first-order valence-electron chi connectivity index (χ1n) is 12.2. The van der Waals surface area contributed by atoms with Crippen LogP contribution < -0.4 is 0 Å². The molecule has 10 nitrogen and oxygen atoms in total. The van der Waals surface area contributed by atoms with Crippen LogP contribution in [0, 0.1) is 6.92 Å². The molecule has 2 heterocycles. The number of hydrogen-bond acceptors (Lipinski definition) is 10. The van der Waals surface area contributed by atoms with E-state index >= 15 is 0 Å². The zero-order chi connectivity index (χ0) is 27.2. The Morgan fingerprint density at radius 3 is 1.69 bits per heavy atom. The summed E-state index contributed by atoms with van der Waals surface area (Å²) < 4.78 is 28.4. The number of rotatable bonds is 8. The smallest absolute Gasteiger partial charge is 0.338 e. The second kappa shape index (κ2) is 11.7. The van der Waals surface area contributed by atoms with Crippen LogP contribution in [-0.4, -0.2) is 53.0 Å². The number of carbonyl (C=O) groups is 3. The van der Waals surface area contributed by atoms with Gasteiger partial charge in [-0.25, -0.2) is 14.4 Å². The SMILES string of the molecule is Cc1nc([C@@H]2O[C@H](COC(=O)c3ccccc3)[C@@H](OC(=O)c3ccccc3)[C@H]2OC(=O)c2ccccc2)no1. The van der Waals surface area contributed by atoms with Crippen molar-refractivity contribution < 1.29 is 37.9 Å². The Kier molecular flexibility index (Phi) is 7.74. The lowest BCUT2D eigenvalue weighted by Gasteiger charge is -2.24. The van der Waals surface area contributed by atoms with E-state index in [-0.39, 0.29) is 29.4 Å². The van der Waals surface area contributed by atoms with Gasteiger partial charge in [0.2, 0.25) is 11.7 Å². The molecule has 0 saturated carbocycles. The fourth-order valence-corrected chi connectivity index (χ4v) is 4.12. The second-order valence-electron chi connectivity index (χ2n) is 8.70. The topological polar surface area (TPSA) is 127 Å². The highest BCUT2D eigenvalue weighted by Crippen LogP contribution is 2.37. The summed E-state index contributed by atoms with van der Waals surface area (Å²) in [5.74, 6) is -1.58. The summed E-state index contributed by atoms with van der Waals surface area (Å²) in [6.07, 6.45) is -4.42. The van der Waals surface area contributed by atoms with E-state index in [1.807, 2.05) is 0 Å². The minimum Gasteiger partial charge on any atom is -0.459 e. The molecule has 1 aliphatic heterocycles. The maximum absolute atomic E-state index is 13.1. The van der Waals surface area contributed by atoms with E-state index in [0.29, 0.717) is 5.56 Å². The van der Waals surface area contributed by atoms with Gasteiger partial charge in [-0.1, -0.05) is 59.8 Å². The maximum Gasteiger partial charge on any atom is 0.338 e. The van der Waals surface area contributed by atoms with E-state index < -0.39 is 42.3 Å². The molecule has 1 fully saturated rings. The van der Waals surface area contributed by atoms with Crippen LogP contribution in [0.1, 0.15) is 48.9 Å². The number of aryl methyl sites for hydroxylation is 1. The van der Waals surface area contributed by atoms with Crippen LogP contribution in [0.4, 0.5) is 0 Å². The summed E-state index contributed by atoms with van der Waals surface area (Å²) in [6.45, 7) is 1.30. The first kappa shape index (κ1) is 25.8. The minimum absolute atomic E-state index is 0.0935. The van der Waals surface area contributed by atoms with Gasteiger partial charge < -0.3 is 23.5 Å². The van der Waals surface area contributed by atoms with Crippen molar-refractivity contribution >= 4 is 17.9 Å². The summed E-state index contributed by atoms with van der Waals surface area (Å²) in [6, 6.07) is 25.1. The summed E-state index contributed by atoms with van der Waals surface area (Å²) in [4.78, 5) is 43.0. The molecule has 0 amide bonds. The zero-order valence-corrected chi connectivity index (χ0v) is 20.8. The fourth-order valence-electron chi connectivity index (χ4n) is 4.12. The Bertz CT molecular complexity index is 1430. The average Bonchev–Trinajstić information content (AvgIpc) is 3.56. The molecule has 4 aromatic rings. The number of aromatic nitrogens is 2. The Morgan fingerprint density at radius 1 is 0.718 bits per heavy atom. The molecule has 3 aromatic carbocycles. The monoisotopic (exact) mass is 528 g/mol. The zero-order valence-electron chi connectivity index (χ0n) is 20.8. The standard InChI is InChI=1S/C29H24N2O8/c1-18-30-26(31-39-18)25-24(38-29(34)21-15-9-4-10-16-21)23(37-28(33)20-13-7-3-8-14-20)22(36-25)17-35-27(32)19-11-5-2-6-12-19/h2-16,22-25H,17H2,1H3/t22-,23-,24-,25-/m1/s1. The van der Waals surface area contributed by atoms with E-state index in [4.69, 9.17) is 23.5 Å². The average molecular weight is 529 g/mol. The molecule has 4 atom stereocenters. The van der Waals surface area contributed by atoms with Crippen LogP contribution in [0.5, 0.6) is 0 Å². The first-order valence-corrected chi connectivity index (χ1v) is 12.2. The molecule has 39 heavy (non-hydrogen) atoms. The summed E-state index contributed by atoms with van der Waals surface area (Å²) >= 11 is 0. The number of benzene rings is 3. The van der Waals surface area contributed by atoms with Gasteiger partial charge in [0.15, 0.2) is 18.3 Å². The predicted octanol–water partition coefficient (Wildman–Crippen LogP) is 4.13. The predicted molar refractivity (Wildman–Crippen MR) is 135 cm³/mol. The third-order valence-corrected chi connectivity index (χ3v) is 6.00. The van der Waals surface area contributed by atoms with Crippen molar-refractivity contribution in [3.8, 4) is 0 Å². The van der Waals surface area contributed by atoms with Crippen LogP contribution in [0.25, 0.3) is 0 Å². The molecule has 0 unspecified atom stereocenters. The van der Waals surface area contributed by atoms with Crippen LogP contribution in [0.2, 0.25) is 0 Å². The molecular weight excluding hydrogens is 504 g/mol. The summed E-state index contributed by atoms with van der Waals surface area (Å²) in [5.41, 5.74) is 0.905. The van der Waals surface area contributed by atoms with Crippen molar-refractivity contribution in [1.29, 1.82) is 0 Å². The number of esters is 3. The fraction of sp³-hybridized carbons (Fsp3) is 0.207. The van der Waals surface area contributed by atoms with E-state index in [1.54, 1.807) is 97.9 Å². The summed E-state index contributed by atoms with van der Waals surface area (Å²) in [7, 11) is 0. The molecule has 1 aliphatic rings. The van der Waals surface area contributed by atoms with Gasteiger partial charge in [0.05, 0.1) is 16.7 Å². The van der Waals surface area contributed by atoms with Crippen LogP contribution in [0.3, 0.4) is 0 Å². The Hall–Kier alpha value is -4.83. The third kappa shape index (κ3) is 6.02. The van der Waals surface area contributed by atoms with Gasteiger partial charge in [-0.3, -0.25) is 0 Å². The van der Waals surface area contributed by atoms with Gasteiger partial charge in [-0.2, -0.15) is 4.98 Å². The van der Waals surface area contributed by atoms with Crippen molar-refractivity contribution in [2.75, 3.05) is 6.61 Å². The highest BCUT2D eigenvalue weighted by molar-refractivity contribution is 5.91. The lowest BCUT2D eigenvalue weighted by molar-refractivity contribution is -0.0455. The van der Waals surface area contributed by atoms with Gasteiger partial charge in [-0.05, 0) is 36.4 Å². The molecule has 0 bridgehead atoms. The highest BCUT2D eigenvalue weighted by Gasteiger charge is 2.52. The molecule has 1 aromatic heterocycles. The minimum atomic E-state index is -1.18. The lowest BCUT2D eigenvalue weighted by atomic mass is 10.1. The van der Waals surface area contributed by atoms with E-state index in [2.05, 4.69) is 10.1 Å². The van der Waals surface area contributed by atoms with Crippen LogP contribution >= 0.6 is 0 Å². The molecule has 0 N–H and O–H groups in total. The van der Waals surface area contributed by atoms with Gasteiger partial charge in [0, 0.05) is 6.92 Å². The van der Waals surface area contributed by atoms with Crippen molar-refractivity contribution in [1.82, 2.24) is 10.1 Å². The molecule has 198 valence electrons. The second-order valence-corrected chi connectivity index (χ2v) is 8.70. The van der Waals surface area contributed by atoms with E-state index in [0.717, 1.165) is 0 Å². The Balaban J connectivity index is 1.45. The molecule has 10 heteroatoms. The van der Waals surface area contributed by atoms with Gasteiger partial charge in [0.1, 0.15) is 12.7 Å². The third-order valence-electron chi connectivity index (χ3n) is 6.00. The molecule has 5 rings (SSSR count). The van der Waals surface area contributed by atoms with Crippen molar-refractivity contribution in [2.24, 2.45) is 0 Å². The number of carbonyl (C=O) groups excluding carboxylic acids is 3. The quantitative estimate of drug-likeness (QED) is 0.243. The van der Waals surface area contributed by atoms with Gasteiger partial charge in [-0.15, -0.1) is 0 Å². The van der Waals surface area contributed by atoms with Crippen molar-refractivity contribution in [2.45, 2.75) is 31.3 Å².